The molecule has 0 radical (unpaired) electrons. The molecule has 1 saturated heterocycles. The number of anilines is 1. The first-order valence-electron chi connectivity index (χ1n) is 7.86. The Hall–Kier alpha value is -2.67. The number of hydrogen-bond donors (Lipinski definition) is 3. The van der Waals surface area contributed by atoms with Crippen molar-refractivity contribution in [2.75, 3.05) is 18.4 Å². The Morgan fingerprint density at radius 3 is 2.83 bits per heavy atom. The van der Waals surface area contributed by atoms with E-state index in [-0.39, 0.29) is 17.7 Å². The van der Waals surface area contributed by atoms with E-state index in [0.29, 0.717) is 17.8 Å². The highest BCUT2D eigenvalue weighted by Crippen LogP contribution is 2.29. The zero-order chi connectivity index (χ0) is 17.3. The average molecular weight is 327 g/mol. The lowest BCUT2D eigenvalue weighted by Crippen LogP contribution is -2.28. The van der Waals surface area contributed by atoms with Crippen molar-refractivity contribution in [2.24, 2.45) is 18.7 Å². The molecule has 0 unspecified atom stereocenters. The number of nitrogens with one attached hydrogen (secondary N) is 2. The number of hydrogen-bond acceptors (Lipinski definition) is 4. The Morgan fingerprint density at radius 1 is 1.38 bits per heavy atom. The highest BCUT2D eigenvalue weighted by Gasteiger charge is 2.34. The van der Waals surface area contributed by atoms with Crippen LogP contribution in [0.3, 0.4) is 0 Å². The van der Waals surface area contributed by atoms with Crippen LogP contribution in [0.15, 0.2) is 30.6 Å². The van der Waals surface area contributed by atoms with Crippen LogP contribution in [-0.4, -0.2) is 34.7 Å². The summed E-state index contributed by atoms with van der Waals surface area (Å²) in [5.74, 6) is -0.681. The maximum Gasteiger partial charge on any atom is 0.249 e. The van der Waals surface area contributed by atoms with Crippen molar-refractivity contribution < 1.29 is 9.59 Å². The number of nitrogens with two attached hydrogens (primary N) is 1. The van der Waals surface area contributed by atoms with Gasteiger partial charge in [0, 0.05) is 43.5 Å². The molecule has 2 aromatic rings. The maximum absolute atomic E-state index is 12.7. The lowest BCUT2D eigenvalue weighted by molar-refractivity contribution is -0.119. The summed E-state index contributed by atoms with van der Waals surface area (Å²) in [6, 6.07) is 5.18. The van der Waals surface area contributed by atoms with Crippen LogP contribution in [0.25, 0.3) is 0 Å². The summed E-state index contributed by atoms with van der Waals surface area (Å²) in [6.45, 7) is 3.16. The highest BCUT2D eigenvalue weighted by atomic mass is 16.2. The standard InChI is InChI=1S/C17H21N5O2/c1-10-3-4-12(5-13(10)16(18)23)21-17(24)15-8-19-7-14(15)11-6-20-22(2)9-11/h3-6,9,14-15,19H,7-8H2,1-2H3,(H2,18,23)(H,21,24)/t14-,15+/m1/s1. The van der Waals surface area contributed by atoms with E-state index in [9.17, 15) is 9.59 Å². The van der Waals surface area contributed by atoms with Crippen LogP contribution >= 0.6 is 0 Å². The lowest BCUT2D eigenvalue weighted by atomic mass is 9.90. The molecular weight excluding hydrogens is 306 g/mol. The van der Waals surface area contributed by atoms with Crippen LogP contribution in [-0.2, 0) is 11.8 Å². The largest absolute Gasteiger partial charge is 0.366 e. The minimum atomic E-state index is -0.501. The van der Waals surface area contributed by atoms with Gasteiger partial charge in [-0.25, -0.2) is 0 Å². The van der Waals surface area contributed by atoms with Crippen LogP contribution in [0, 0.1) is 12.8 Å². The molecule has 1 fully saturated rings. The molecule has 2 heterocycles. The number of carbonyl (C=O) groups excluding carboxylic acids is 2. The van der Waals surface area contributed by atoms with Gasteiger partial charge in [0.1, 0.15) is 0 Å². The van der Waals surface area contributed by atoms with Gasteiger partial charge in [0.15, 0.2) is 0 Å². The molecule has 1 aliphatic heterocycles. The van der Waals surface area contributed by atoms with Crippen LogP contribution in [0.5, 0.6) is 0 Å². The van der Waals surface area contributed by atoms with Crippen molar-refractivity contribution in [1.29, 1.82) is 0 Å². The Labute approximate surface area is 140 Å². The zero-order valence-corrected chi connectivity index (χ0v) is 13.7. The fourth-order valence-corrected chi connectivity index (χ4v) is 3.14. The Balaban J connectivity index is 1.77. The maximum atomic E-state index is 12.7. The van der Waals surface area contributed by atoms with Crippen molar-refractivity contribution >= 4 is 17.5 Å². The summed E-state index contributed by atoms with van der Waals surface area (Å²) in [5.41, 5.74) is 8.20. The summed E-state index contributed by atoms with van der Waals surface area (Å²) in [4.78, 5) is 24.1. The number of amides is 2. The molecule has 7 nitrogen and oxygen atoms in total. The summed E-state index contributed by atoms with van der Waals surface area (Å²) < 4.78 is 1.74. The number of rotatable bonds is 4. The summed E-state index contributed by atoms with van der Waals surface area (Å²) in [7, 11) is 1.86. The second-order valence-corrected chi connectivity index (χ2v) is 6.20. The molecule has 2 atom stereocenters. The van der Waals surface area contributed by atoms with Crippen LogP contribution in [0.4, 0.5) is 5.69 Å². The monoisotopic (exact) mass is 327 g/mol. The van der Waals surface area contributed by atoms with Crippen LogP contribution < -0.4 is 16.4 Å². The van der Waals surface area contributed by atoms with Crippen molar-refractivity contribution in [3.63, 3.8) is 0 Å². The lowest BCUT2D eigenvalue weighted by Gasteiger charge is -2.17. The predicted molar refractivity (Wildman–Crippen MR) is 90.6 cm³/mol. The molecule has 7 heteroatoms. The quantitative estimate of drug-likeness (QED) is 0.772. The second kappa shape index (κ2) is 6.45. The van der Waals surface area contributed by atoms with Gasteiger partial charge < -0.3 is 16.4 Å². The Bertz CT molecular complexity index is 783. The van der Waals surface area contributed by atoms with Gasteiger partial charge in [0.2, 0.25) is 11.8 Å². The van der Waals surface area contributed by atoms with Crippen molar-refractivity contribution in [3.05, 3.63) is 47.3 Å². The van der Waals surface area contributed by atoms with Crippen LogP contribution in [0.2, 0.25) is 0 Å². The first-order chi connectivity index (χ1) is 11.5. The number of aromatic nitrogens is 2. The first kappa shape index (κ1) is 16.2. The summed E-state index contributed by atoms with van der Waals surface area (Å²) in [5, 5.41) is 10.3. The normalized spacial score (nSPS) is 20.1. The van der Waals surface area contributed by atoms with Gasteiger partial charge in [-0.3, -0.25) is 14.3 Å². The van der Waals surface area contributed by atoms with Crippen molar-refractivity contribution in [1.82, 2.24) is 15.1 Å². The van der Waals surface area contributed by atoms with Gasteiger partial charge in [-0.1, -0.05) is 6.07 Å². The van der Waals surface area contributed by atoms with Gasteiger partial charge in [-0.2, -0.15) is 5.10 Å². The molecule has 0 spiro atoms. The zero-order valence-electron chi connectivity index (χ0n) is 13.7. The van der Waals surface area contributed by atoms with E-state index in [1.807, 2.05) is 20.2 Å². The van der Waals surface area contributed by atoms with Gasteiger partial charge >= 0.3 is 0 Å². The van der Waals surface area contributed by atoms with Gasteiger partial charge in [0.05, 0.1) is 12.1 Å². The van der Waals surface area contributed by atoms with E-state index in [1.165, 1.54) is 0 Å². The highest BCUT2D eigenvalue weighted by molar-refractivity contribution is 5.98. The van der Waals surface area contributed by atoms with Crippen molar-refractivity contribution in [3.8, 4) is 0 Å². The summed E-state index contributed by atoms with van der Waals surface area (Å²) in [6.07, 6.45) is 3.74. The van der Waals surface area contributed by atoms with E-state index in [1.54, 1.807) is 29.1 Å². The topological polar surface area (TPSA) is 102 Å². The van der Waals surface area contributed by atoms with E-state index in [4.69, 9.17) is 5.73 Å². The predicted octanol–water partition coefficient (Wildman–Crippen LogP) is 0.769. The fourth-order valence-electron chi connectivity index (χ4n) is 3.14. The minimum absolute atomic E-state index is 0.0758. The number of aryl methyl sites for hydroxylation is 2. The van der Waals surface area contributed by atoms with E-state index < -0.39 is 5.91 Å². The first-order valence-corrected chi connectivity index (χ1v) is 7.86. The third kappa shape index (κ3) is 3.16. The number of benzene rings is 1. The van der Waals surface area contributed by atoms with Crippen molar-refractivity contribution in [2.45, 2.75) is 12.8 Å². The third-order valence-electron chi connectivity index (χ3n) is 4.47. The van der Waals surface area contributed by atoms with Gasteiger partial charge in [-0.05, 0) is 30.2 Å². The van der Waals surface area contributed by atoms with E-state index in [2.05, 4.69) is 15.7 Å². The third-order valence-corrected chi connectivity index (χ3v) is 4.47. The molecule has 3 rings (SSSR count). The molecule has 2 amide bonds. The van der Waals surface area contributed by atoms with Gasteiger partial charge in [0.25, 0.3) is 0 Å². The average Bonchev–Trinajstić information content (AvgIpc) is 3.17. The Morgan fingerprint density at radius 2 is 2.17 bits per heavy atom. The smallest absolute Gasteiger partial charge is 0.249 e. The SMILES string of the molecule is Cc1ccc(NC(=O)[C@H]2CNC[C@@H]2c2cnn(C)c2)cc1C(N)=O. The molecule has 0 aliphatic carbocycles. The molecule has 24 heavy (non-hydrogen) atoms. The molecule has 1 aliphatic rings. The molecule has 126 valence electrons. The van der Waals surface area contributed by atoms with Crippen LogP contribution in [0.1, 0.15) is 27.4 Å². The number of nitrogens with zero attached hydrogens (tertiary/aromatic N) is 2. The minimum Gasteiger partial charge on any atom is -0.366 e. The van der Waals surface area contributed by atoms with E-state index in [0.717, 1.165) is 17.7 Å². The molecule has 0 bridgehead atoms. The van der Waals surface area contributed by atoms with E-state index >= 15 is 0 Å². The fraction of sp³-hybridized carbons (Fsp3) is 0.353. The molecule has 4 N–H and O–H groups in total. The number of primary amides is 1. The molecule has 1 aromatic carbocycles. The molecular formula is C17H21N5O2. The molecule has 1 aromatic heterocycles. The number of carbonyl (C=O) groups is 2. The molecule has 0 saturated carbocycles. The second-order valence-electron chi connectivity index (χ2n) is 6.20. The summed E-state index contributed by atoms with van der Waals surface area (Å²) >= 11 is 0. The van der Waals surface area contributed by atoms with Gasteiger partial charge in [-0.15, -0.1) is 0 Å². The Kier molecular flexibility index (Phi) is 4.35.